The van der Waals surface area contributed by atoms with Crippen LogP contribution in [0.15, 0.2) is 48.5 Å². The second-order valence-corrected chi connectivity index (χ2v) is 7.41. The number of anilines is 2. The fourth-order valence-corrected chi connectivity index (χ4v) is 4.16. The Kier molecular flexibility index (Phi) is 4.94. The summed E-state index contributed by atoms with van der Waals surface area (Å²) in [5.74, 6) is -0.248. The van der Waals surface area contributed by atoms with Crippen molar-refractivity contribution in [1.29, 1.82) is 0 Å². The molecule has 1 N–H and O–H groups in total. The number of amides is 2. The lowest BCUT2D eigenvalue weighted by Gasteiger charge is -2.23. The van der Waals surface area contributed by atoms with Crippen LogP contribution in [-0.2, 0) is 22.6 Å². The van der Waals surface area contributed by atoms with Crippen molar-refractivity contribution in [3.8, 4) is 0 Å². The summed E-state index contributed by atoms with van der Waals surface area (Å²) < 4.78 is 0. The van der Waals surface area contributed by atoms with Gasteiger partial charge in [-0.05, 0) is 55.3 Å². The van der Waals surface area contributed by atoms with Gasteiger partial charge in [0.1, 0.15) is 6.04 Å². The van der Waals surface area contributed by atoms with Crippen molar-refractivity contribution in [3.63, 3.8) is 0 Å². The Hall–Kier alpha value is -2.66. The van der Waals surface area contributed by atoms with Gasteiger partial charge in [-0.2, -0.15) is 0 Å². The van der Waals surface area contributed by atoms with E-state index in [1.807, 2.05) is 42.5 Å². The van der Waals surface area contributed by atoms with E-state index >= 15 is 0 Å². The van der Waals surface area contributed by atoms with Gasteiger partial charge in [-0.15, -0.1) is 0 Å². The molecule has 2 amide bonds. The van der Waals surface area contributed by atoms with Gasteiger partial charge in [-0.3, -0.25) is 19.4 Å². The molecule has 0 bridgehead atoms. The zero-order chi connectivity index (χ0) is 18.8. The van der Waals surface area contributed by atoms with Gasteiger partial charge in [0.15, 0.2) is 0 Å². The van der Waals surface area contributed by atoms with Crippen molar-refractivity contribution in [3.05, 3.63) is 59.7 Å². The molecule has 0 spiro atoms. The number of nitrogens with zero attached hydrogens (tertiary/aromatic N) is 2. The van der Waals surface area contributed by atoms with Crippen LogP contribution >= 0.6 is 0 Å². The predicted molar refractivity (Wildman–Crippen MR) is 107 cm³/mol. The molecule has 0 aromatic heterocycles. The van der Waals surface area contributed by atoms with E-state index in [0.29, 0.717) is 6.42 Å². The van der Waals surface area contributed by atoms with Gasteiger partial charge in [0, 0.05) is 31.3 Å². The number of para-hydroxylation sites is 1. The van der Waals surface area contributed by atoms with Crippen LogP contribution in [0.2, 0.25) is 0 Å². The lowest BCUT2D eigenvalue weighted by atomic mass is 10.1. The number of carbonyl (C=O) groups excluding carboxylic acids is 2. The van der Waals surface area contributed by atoms with Gasteiger partial charge in [0.05, 0.1) is 0 Å². The first-order chi connectivity index (χ1) is 13.1. The lowest BCUT2D eigenvalue weighted by Crippen LogP contribution is -2.44. The van der Waals surface area contributed by atoms with Crippen molar-refractivity contribution in [2.75, 3.05) is 23.3 Å². The maximum Gasteiger partial charge on any atom is 0.247 e. The van der Waals surface area contributed by atoms with Crippen molar-refractivity contribution in [2.24, 2.45) is 0 Å². The molecule has 0 saturated carbocycles. The SMILES string of the molecule is CC(=O)N1c2ccccc2C[C@H]1C(=O)Nc1cccc(CN2CCCC2)c1. The Labute approximate surface area is 160 Å². The van der Waals surface area contributed by atoms with E-state index in [9.17, 15) is 9.59 Å². The standard InChI is InChI=1S/C22H25N3O2/c1-16(26)25-20-10-3-2-8-18(20)14-21(25)22(27)23-19-9-6-7-17(13-19)15-24-11-4-5-12-24/h2-3,6-10,13,21H,4-5,11-12,14-15H2,1H3,(H,23,27)/t21-/m0/s1. The van der Waals surface area contributed by atoms with Gasteiger partial charge in [-0.1, -0.05) is 30.3 Å². The average molecular weight is 363 g/mol. The highest BCUT2D eigenvalue weighted by atomic mass is 16.2. The highest BCUT2D eigenvalue weighted by Crippen LogP contribution is 2.32. The fraction of sp³-hybridized carbons (Fsp3) is 0.364. The Balaban J connectivity index is 1.48. The molecule has 2 aromatic rings. The number of rotatable bonds is 4. The maximum atomic E-state index is 12.9. The molecule has 5 nitrogen and oxygen atoms in total. The molecule has 0 radical (unpaired) electrons. The van der Waals surface area contributed by atoms with E-state index < -0.39 is 6.04 Å². The number of hydrogen-bond acceptors (Lipinski definition) is 3. The number of hydrogen-bond donors (Lipinski definition) is 1. The largest absolute Gasteiger partial charge is 0.324 e. The number of fused-ring (bicyclic) bond motifs is 1. The molecule has 1 atom stereocenters. The van der Waals surface area contributed by atoms with E-state index in [1.165, 1.54) is 25.3 Å². The van der Waals surface area contributed by atoms with Crippen LogP contribution in [0.3, 0.4) is 0 Å². The molecule has 0 unspecified atom stereocenters. The van der Waals surface area contributed by atoms with Crippen molar-refractivity contribution >= 4 is 23.2 Å². The van der Waals surface area contributed by atoms with Crippen LogP contribution in [0.5, 0.6) is 0 Å². The van der Waals surface area contributed by atoms with Gasteiger partial charge in [0.25, 0.3) is 0 Å². The Morgan fingerprint density at radius 1 is 1.07 bits per heavy atom. The monoisotopic (exact) mass is 363 g/mol. The van der Waals surface area contributed by atoms with E-state index in [2.05, 4.69) is 16.3 Å². The molecule has 4 rings (SSSR count). The molecule has 140 valence electrons. The minimum atomic E-state index is -0.498. The van der Waals surface area contributed by atoms with Gasteiger partial charge in [-0.25, -0.2) is 0 Å². The summed E-state index contributed by atoms with van der Waals surface area (Å²) in [4.78, 5) is 29.1. The van der Waals surface area contributed by atoms with Crippen LogP contribution in [0.4, 0.5) is 11.4 Å². The molecule has 5 heteroatoms. The summed E-state index contributed by atoms with van der Waals surface area (Å²) in [6.45, 7) is 4.71. The summed E-state index contributed by atoms with van der Waals surface area (Å²) in [5.41, 5.74) is 3.87. The highest BCUT2D eigenvalue weighted by Gasteiger charge is 2.36. The summed E-state index contributed by atoms with van der Waals surface area (Å²) in [6.07, 6.45) is 3.08. The van der Waals surface area contributed by atoms with E-state index in [1.54, 1.807) is 4.90 Å². The van der Waals surface area contributed by atoms with Gasteiger partial charge >= 0.3 is 0 Å². The molecule has 1 saturated heterocycles. The van der Waals surface area contributed by atoms with Crippen LogP contribution < -0.4 is 10.2 Å². The Morgan fingerprint density at radius 2 is 1.85 bits per heavy atom. The lowest BCUT2D eigenvalue weighted by molar-refractivity contribution is -0.122. The predicted octanol–water partition coefficient (Wildman–Crippen LogP) is 3.20. The minimum Gasteiger partial charge on any atom is -0.324 e. The van der Waals surface area contributed by atoms with Crippen molar-refractivity contribution in [1.82, 2.24) is 4.90 Å². The first-order valence-corrected chi connectivity index (χ1v) is 9.62. The summed E-state index contributed by atoms with van der Waals surface area (Å²) in [6, 6.07) is 15.3. The number of carbonyl (C=O) groups is 2. The second kappa shape index (κ2) is 7.53. The maximum absolute atomic E-state index is 12.9. The first-order valence-electron chi connectivity index (χ1n) is 9.62. The zero-order valence-corrected chi connectivity index (χ0v) is 15.6. The molecule has 2 aromatic carbocycles. The molecular weight excluding hydrogens is 338 g/mol. The van der Waals surface area contributed by atoms with E-state index in [-0.39, 0.29) is 11.8 Å². The molecule has 2 aliphatic heterocycles. The van der Waals surface area contributed by atoms with E-state index in [0.717, 1.165) is 36.6 Å². The summed E-state index contributed by atoms with van der Waals surface area (Å²) in [5, 5.41) is 3.02. The number of nitrogens with one attached hydrogen (secondary N) is 1. The zero-order valence-electron chi connectivity index (χ0n) is 15.6. The van der Waals surface area contributed by atoms with E-state index in [4.69, 9.17) is 0 Å². The third-order valence-electron chi connectivity index (χ3n) is 5.42. The molecule has 0 aliphatic carbocycles. The molecular formula is C22H25N3O2. The highest BCUT2D eigenvalue weighted by molar-refractivity contribution is 6.06. The van der Waals surface area contributed by atoms with Crippen molar-refractivity contribution < 1.29 is 9.59 Å². The normalized spacial score (nSPS) is 19.1. The number of benzene rings is 2. The summed E-state index contributed by atoms with van der Waals surface area (Å²) in [7, 11) is 0. The van der Waals surface area contributed by atoms with Crippen LogP contribution in [0, 0.1) is 0 Å². The molecule has 1 fully saturated rings. The molecule has 2 heterocycles. The third-order valence-corrected chi connectivity index (χ3v) is 5.42. The smallest absolute Gasteiger partial charge is 0.247 e. The summed E-state index contributed by atoms with van der Waals surface area (Å²) >= 11 is 0. The Morgan fingerprint density at radius 3 is 2.63 bits per heavy atom. The second-order valence-electron chi connectivity index (χ2n) is 7.41. The van der Waals surface area contributed by atoms with Gasteiger partial charge < -0.3 is 5.32 Å². The van der Waals surface area contributed by atoms with Crippen LogP contribution in [-0.4, -0.2) is 35.8 Å². The third kappa shape index (κ3) is 3.74. The molecule has 2 aliphatic rings. The first kappa shape index (κ1) is 17.7. The average Bonchev–Trinajstić information content (AvgIpc) is 3.29. The minimum absolute atomic E-state index is 0.108. The van der Waals surface area contributed by atoms with Crippen LogP contribution in [0.1, 0.15) is 30.9 Å². The quantitative estimate of drug-likeness (QED) is 0.908. The Bertz CT molecular complexity index is 858. The van der Waals surface area contributed by atoms with Crippen LogP contribution in [0.25, 0.3) is 0 Å². The topological polar surface area (TPSA) is 52.7 Å². The fourth-order valence-electron chi connectivity index (χ4n) is 4.16. The van der Waals surface area contributed by atoms with Gasteiger partial charge in [0.2, 0.25) is 11.8 Å². The number of likely N-dealkylation sites (tertiary alicyclic amines) is 1. The molecule has 27 heavy (non-hydrogen) atoms. The van der Waals surface area contributed by atoms with Crippen molar-refractivity contribution in [2.45, 2.75) is 38.8 Å².